The van der Waals surface area contributed by atoms with Crippen molar-refractivity contribution in [3.8, 4) is 0 Å². The summed E-state index contributed by atoms with van der Waals surface area (Å²) in [6, 6.07) is 0. The first kappa shape index (κ1) is 32.0. The maximum absolute atomic E-state index is 11.2. The third kappa shape index (κ3) is 27.2. The van der Waals surface area contributed by atoms with Gasteiger partial charge in [0.15, 0.2) is 0 Å². The van der Waals surface area contributed by atoms with Gasteiger partial charge in [0, 0.05) is 12.2 Å². The van der Waals surface area contributed by atoms with Gasteiger partial charge in [-0.15, -0.1) is 0 Å². The molecule has 0 aliphatic heterocycles. The van der Waals surface area contributed by atoms with Crippen molar-refractivity contribution < 1.29 is 28.5 Å². The maximum Gasteiger partial charge on any atom is 0.333 e. The van der Waals surface area contributed by atoms with E-state index in [1.54, 1.807) is 6.92 Å². The molecule has 0 aliphatic rings. The SMILES string of the molecule is C=C(C)C(=O)OCCOCCOCCOCCOCCCCCCCCCCCCCCC. The molecule has 6 heteroatoms. The molecule has 0 saturated heterocycles. The second kappa shape index (κ2) is 27.3. The van der Waals surface area contributed by atoms with Crippen LogP contribution in [0.5, 0.6) is 0 Å². The lowest BCUT2D eigenvalue weighted by Gasteiger charge is -2.08. The van der Waals surface area contributed by atoms with Gasteiger partial charge in [0.2, 0.25) is 0 Å². The molecule has 0 atom stereocenters. The van der Waals surface area contributed by atoms with Crippen LogP contribution in [0.2, 0.25) is 0 Å². The fourth-order valence-electron chi connectivity index (χ4n) is 3.30. The molecule has 0 aromatic rings. The van der Waals surface area contributed by atoms with Crippen LogP contribution in [0.4, 0.5) is 0 Å². The highest BCUT2D eigenvalue weighted by molar-refractivity contribution is 5.86. The van der Waals surface area contributed by atoms with Gasteiger partial charge in [-0.1, -0.05) is 90.6 Å². The van der Waals surface area contributed by atoms with Gasteiger partial charge in [-0.3, -0.25) is 0 Å². The van der Waals surface area contributed by atoms with Crippen molar-refractivity contribution in [2.24, 2.45) is 0 Å². The van der Waals surface area contributed by atoms with Gasteiger partial charge in [0.05, 0.1) is 46.2 Å². The quantitative estimate of drug-likeness (QED) is 0.0798. The summed E-state index contributed by atoms with van der Waals surface area (Å²) in [6.07, 6.45) is 17.8. The molecule has 0 radical (unpaired) electrons. The van der Waals surface area contributed by atoms with Crippen molar-refractivity contribution in [2.75, 3.05) is 59.5 Å². The van der Waals surface area contributed by atoms with Crippen LogP contribution in [0.3, 0.4) is 0 Å². The van der Waals surface area contributed by atoms with Crippen molar-refractivity contribution in [3.63, 3.8) is 0 Å². The minimum Gasteiger partial charge on any atom is -0.460 e. The predicted octanol–water partition coefficient (Wildman–Crippen LogP) is 6.26. The van der Waals surface area contributed by atoms with Crippen LogP contribution in [0.15, 0.2) is 12.2 Å². The van der Waals surface area contributed by atoms with E-state index >= 15 is 0 Å². The Balaban J connectivity index is 3.05. The Morgan fingerprint density at radius 2 is 0.848 bits per heavy atom. The number of unbranched alkanes of at least 4 members (excludes halogenated alkanes) is 12. The van der Waals surface area contributed by atoms with E-state index in [2.05, 4.69) is 13.5 Å². The third-order valence-corrected chi connectivity index (χ3v) is 5.32. The molecule has 0 aromatic carbocycles. The minimum absolute atomic E-state index is 0.230. The minimum atomic E-state index is -0.389. The zero-order valence-electron chi connectivity index (χ0n) is 21.7. The fourth-order valence-corrected chi connectivity index (χ4v) is 3.30. The van der Waals surface area contributed by atoms with Crippen molar-refractivity contribution in [1.82, 2.24) is 0 Å². The van der Waals surface area contributed by atoms with Crippen LogP contribution in [0, 0.1) is 0 Å². The van der Waals surface area contributed by atoms with Gasteiger partial charge in [-0.05, 0) is 13.3 Å². The zero-order valence-corrected chi connectivity index (χ0v) is 21.7. The molecule has 0 N–H and O–H groups in total. The molecule has 0 aliphatic carbocycles. The van der Waals surface area contributed by atoms with Crippen molar-refractivity contribution in [3.05, 3.63) is 12.2 Å². The Morgan fingerprint density at radius 1 is 0.515 bits per heavy atom. The predicted molar refractivity (Wildman–Crippen MR) is 135 cm³/mol. The van der Waals surface area contributed by atoms with Gasteiger partial charge >= 0.3 is 5.97 Å². The number of esters is 1. The van der Waals surface area contributed by atoms with E-state index in [-0.39, 0.29) is 12.6 Å². The standard InChI is InChI=1S/C27H52O6/c1-4-5-6-7-8-9-10-11-12-13-14-15-16-17-29-18-19-30-20-21-31-22-23-32-24-25-33-27(28)26(2)3/h2,4-25H2,1,3H3. The van der Waals surface area contributed by atoms with E-state index in [9.17, 15) is 4.79 Å². The Kier molecular flexibility index (Phi) is 26.5. The summed E-state index contributed by atoms with van der Waals surface area (Å²) < 4.78 is 26.8. The van der Waals surface area contributed by atoms with Crippen LogP contribution in [0.25, 0.3) is 0 Å². The van der Waals surface area contributed by atoms with E-state index < -0.39 is 0 Å². The van der Waals surface area contributed by atoms with Crippen LogP contribution in [-0.4, -0.2) is 65.4 Å². The van der Waals surface area contributed by atoms with E-state index in [1.165, 1.54) is 77.0 Å². The first-order chi connectivity index (χ1) is 16.2. The number of hydrogen-bond donors (Lipinski definition) is 0. The van der Waals surface area contributed by atoms with Gasteiger partial charge in [0.1, 0.15) is 6.61 Å². The van der Waals surface area contributed by atoms with Crippen LogP contribution < -0.4 is 0 Å². The fraction of sp³-hybridized carbons (Fsp3) is 0.889. The van der Waals surface area contributed by atoms with E-state index in [0.29, 0.717) is 51.8 Å². The Hall–Kier alpha value is -0.950. The zero-order chi connectivity index (χ0) is 24.2. The molecule has 0 amide bonds. The molecule has 0 aromatic heterocycles. The number of carbonyl (C=O) groups is 1. The van der Waals surface area contributed by atoms with E-state index in [0.717, 1.165) is 13.0 Å². The molecular weight excluding hydrogens is 420 g/mol. The second-order valence-electron chi connectivity index (χ2n) is 8.61. The molecule has 0 spiro atoms. The summed E-state index contributed by atoms with van der Waals surface area (Å²) in [7, 11) is 0. The molecule has 0 heterocycles. The largest absolute Gasteiger partial charge is 0.460 e. The van der Waals surface area contributed by atoms with Gasteiger partial charge in [0.25, 0.3) is 0 Å². The first-order valence-electron chi connectivity index (χ1n) is 13.3. The van der Waals surface area contributed by atoms with Crippen LogP contribution in [-0.2, 0) is 28.5 Å². The second-order valence-corrected chi connectivity index (χ2v) is 8.61. The van der Waals surface area contributed by atoms with Crippen molar-refractivity contribution in [1.29, 1.82) is 0 Å². The molecule has 33 heavy (non-hydrogen) atoms. The van der Waals surface area contributed by atoms with Crippen LogP contribution in [0.1, 0.15) is 97.3 Å². The normalized spacial score (nSPS) is 11.1. The molecule has 0 saturated carbocycles. The van der Waals surface area contributed by atoms with Crippen molar-refractivity contribution in [2.45, 2.75) is 97.3 Å². The Labute approximate surface area is 203 Å². The lowest BCUT2D eigenvalue weighted by molar-refractivity contribution is -0.140. The monoisotopic (exact) mass is 472 g/mol. The highest BCUT2D eigenvalue weighted by Gasteiger charge is 2.01. The summed E-state index contributed by atoms with van der Waals surface area (Å²) in [5.74, 6) is -0.389. The van der Waals surface area contributed by atoms with Gasteiger partial charge < -0.3 is 23.7 Å². The van der Waals surface area contributed by atoms with Gasteiger partial charge in [-0.2, -0.15) is 0 Å². The van der Waals surface area contributed by atoms with Crippen molar-refractivity contribution >= 4 is 5.97 Å². The molecule has 0 unspecified atom stereocenters. The maximum atomic E-state index is 11.2. The van der Waals surface area contributed by atoms with Crippen LogP contribution >= 0.6 is 0 Å². The summed E-state index contributed by atoms with van der Waals surface area (Å²) in [5, 5.41) is 0. The smallest absolute Gasteiger partial charge is 0.333 e. The third-order valence-electron chi connectivity index (χ3n) is 5.32. The Bertz CT molecular complexity index is 427. The van der Waals surface area contributed by atoms with Gasteiger partial charge in [-0.25, -0.2) is 4.79 Å². The summed E-state index contributed by atoms with van der Waals surface area (Å²) in [4.78, 5) is 11.2. The molecule has 196 valence electrons. The highest BCUT2D eigenvalue weighted by Crippen LogP contribution is 2.12. The molecule has 0 bridgehead atoms. The number of hydrogen-bond acceptors (Lipinski definition) is 6. The van der Waals surface area contributed by atoms with E-state index in [1.807, 2.05) is 0 Å². The molecule has 0 rings (SSSR count). The first-order valence-corrected chi connectivity index (χ1v) is 13.3. The topological polar surface area (TPSA) is 63.2 Å². The number of rotatable bonds is 27. The molecular formula is C27H52O6. The molecule has 0 fully saturated rings. The summed E-state index contributed by atoms with van der Waals surface area (Å²) >= 11 is 0. The Morgan fingerprint density at radius 3 is 1.24 bits per heavy atom. The highest BCUT2D eigenvalue weighted by atomic mass is 16.6. The average molecular weight is 473 g/mol. The lowest BCUT2D eigenvalue weighted by Crippen LogP contribution is -2.14. The summed E-state index contributed by atoms with van der Waals surface area (Å²) in [5.41, 5.74) is 0.392. The number of ether oxygens (including phenoxy) is 5. The molecule has 6 nitrogen and oxygen atoms in total. The number of carbonyl (C=O) groups excluding carboxylic acids is 1. The summed E-state index contributed by atoms with van der Waals surface area (Å²) in [6.45, 7) is 12.1. The average Bonchev–Trinajstić information content (AvgIpc) is 2.81. The lowest BCUT2D eigenvalue weighted by atomic mass is 10.0. The van der Waals surface area contributed by atoms with E-state index in [4.69, 9.17) is 23.7 Å².